The second-order valence-corrected chi connectivity index (χ2v) is 5.21. The minimum atomic E-state index is 0. The normalized spacial score (nSPS) is 9.83. The molecule has 2 rings (SSSR count). The number of methoxy groups -OCH3 is 1. The van der Waals surface area contributed by atoms with E-state index >= 15 is 0 Å². The first-order chi connectivity index (χ1) is 10.7. The molecule has 0 aliphatic rings. The summed E-state index contributed by atoms with van der Waals surface area (Å²) < 4.78 is 10.9. The van der Waals surface area contributed by atoms with E-state index in [1.165, 1.54) is 5.56 Å². The summed E-state index contributed by atoms with van der Waals surface area (Å²) in [6, 6.07) is 14.1. The lowest BCUT2D eigenvalue weighted by Gasteiger charge is -2.13. The van der Waals surface area contributed by atoms with Crippen LogP contribution in [0.3, 0.4) is 0 Å². The van der Waals surface area contributed by atoms with Crippen molar-refractivity contribution >= 4 is 24.0 Å². The number of hydrogen-bond donors (Lipinski definition) is 1. The predicted octanol–water partition coefficient (Wildman–Crippen LogP) is 4.63. The number of benzene rings is 2. The summed E-state index contributed by atoms with van der Waals surface area (Å²) in [6.45, 7) is 5.52. The number of ether oxygens (including phenoxy) is 2. The van der Waals surface area contributed by atoms with Gasteiger partial charge in [0.15, 0.2) is 11.5 Å². The van der Waals surface area contributed by atoms with Gasteiger partial charge in [0.1, 0.15) is 6.61 Å². The molecule has 1 N–H and O–H groups in total. The lowest BCUT2D eigenvalue weighted by Crippen LogP contribution is -2.12. The molecule has 0 saturated carbocycles. The molecule has 0 bridgehead atoms. The van der Waals surface area contributed by atoms with Gasteiger partial charge in [0.2, 0.25) is 0 Å². The summed E-state index contributed by atoms with van der Waals surface area (Å²) in [5.74, 6) is 1.18. The number of rotatable bonds is 8. The van der Waals surface area contributed by atoms with Crippen LogP contribution in [0.25, 0.3) is 0 Å². The molecule has 124 valence electrons. The van der Waals surface area contributed by atoms with Gasteiger partial charge in [-0.25, -0.2) is 0 Å². The Morgan fingerprint density at radius 2 is 1.83 bits per heavy atom. The van der Waals surface area contributed by atoms with Crippen molar-refractivity contribution in [2.45, 2.75) is 13.1 Å². The highest BCUT2D eigenvalue weighted by Crippen LogP contribution is 2.36. The molecule has 2 aromatic carbocycles. The molecule has 3 nitrogen and oxygen atoms in total. The van der Waals surface area contributed by atoms with Crippen LogP contribution in [0.4, 0.5) is 0 Å². The molecule has 23 heavy (non-hydrogen) atoms. The van der Waals surface area contributed by atoms with Crippen LogP contribution in [0, 0.1) is 0 Å². The maximum Gasteiger partial charge on any atom is 0.180 e. The molecule has 0 saturated heterocycles. The standard InChI is InChI=1S/C18H20ClNO2.ClH/c1-3-9-22-18-16(19)10-15(11-17(18)21-2)13-20-12-14-7-5-4-6-8-14;/h3-8,10-11,20H,1,9,12-13H2,2H3;1H. The zero-order valence-corrected chi connectivity index (χ0v) is 14.6. The fraction of sp³-hybridized carbons (Fsp3) is 0.222. The van der Waals surface area contributed by atoms with E-state index in [0.29, 0.717) is 29.7 Å². The van der Waals surface area contributed by atoms with Crippen LogP contribution < -0.4 is 14.8 Å². The third-order valence-corrected chi connectivity index (χ3v) is 3.42. The maximum absolute atomic E-state index is 6.28. The van der Waals surface area contributed by atoms with Crippen molar-refractivity contribution in [2.24, 2.45) is 0 Å². The molecule has 2 aromatic rings. The van der Waals surface area contributed by atoms with Gasteiger partial charge in [-0.05, 0) is 23.3 Å². The SMILES string of the molecule is C=CCOc1c(Cl)cc(CNCc2ccccc2)cc1OC.Cl. The number of nitrogens with one attached hydrogen (secondary N) is 1. The summed E-state index contributed by atoms with van der Waals surface area (Å²) in [6.07, 6.45) is 1.67. The highest BCUT2D eigenvalue weighted by atomic mass is 35.5. The molecule has 0 aliphatic heterocycles. The summed E-state index contributed by atoms with van der Waals surface area (Å²) >= 11 is 6.28. The Bertz CT molecular complexity index is 618. The van der Waals surface area contributed by atoms with E-state index in [0.717, 1.165) is 12.1 Å². The van der Waals surface area contributed by atoms with Crippen molar-refractivity contribution < 1.29 is 9.47 Å². The van der Waals surface area contributed by atoms with Gasteiger partial charge in [0, 0.05) is 13.1 Å². The largest absolute Gasteiger partial charge is 0.493 e. The lowest BCUT2D eigenvalue weighted by atomic mass is 10.2. The molecule has 0 atom stereocenters. The lowest BCUT2D eigenvalue weighted by molar-refractivity contribution is 0.326. The fourth-order valence-corrected chi connectivity index (χ4v) is 2.39. The minimum absolute atomic E-state index is 0. The van der Waals surface area contributed by atoms with E-state index < -0.39 is 0 Å². The van der Waals surface area contributed by atoms with E-state index in [9.17, 15) is 0 Å². The van der Waals surface area contributed by atoms with Gasteiger partial charge in [-0.15, -0.1) is 12.4 Å². The number of halogens is 2. The molecule has 0 amide bonds. The Morgan fingerprint density at radius 1 is 1.13 bits per heavy atom. The van der Waals surface area contributed by atoms with Crippen molar-refractivity contribution in [1.82, 2.24) is 5.32 Å². The Kier molecular flexibility index (Phi) is 8.56. The average molecular weight is 354 g/mol. The first kappa shape index (κ1) is 19.4. The van der Waals surface area contributed by atoms with E-state index in [1.54, 1.807) is 13.2 Å². The molecule has 0 fully saturated rings. The maximum atomic E-state index is 6.28. The van der Waals surface area contributed by atoms with E-state index in [2.05, 4.69) is 24.0 Å². The molecule has 0 unspecified atom stereocenters. The minimum Gasteiger partial charge on any atom is -0.493 e. The Morgan fingerprint density at radius 3 is 2.48 bits per heavy atom. The Labute approximate surface area is 148 Å². The Hall–Kier alpha value is -1.68. The average Bonchev–Trinajstić information content (AvgIpc) is 2.54. The van der Waals surface area contributed by atoms with Crippen LogP contribution in [-0.2, 0) is 13.1 Å². The zero-order chi connectivity index (χ0) is 15.8. The molecule has 0 aliphatic carbocycles. The van der Waals surface area contributed by atoms with Crippen molar-refractivity contribution in [1.29, 1.82) is 0 Å². The van der Waals surface area contributed by atoms with Crippen molar-refractivity contribution in [3.63, 3.8) is 0 Å². The summed E-state index contributed by atoms with van der Waals surface area (Å²) in [5, 5.41) is 3.93. The molecule has 0 heterocycles. The quantitative estimate of drug-likeness (QED) is 0.702. The van der Waals surface area contributed by atoms with Crippen LogP contribution >= 0.6 is 24.0 Å². The highest BCUT2D eigenvalue weighted by Gasteiger charge is 2.11. The fourth-order valence-electron chi connectivity index (χ4n) is 2.10. The molecule has 0 spiro atoms. The van der Waals surface area contributed by atoms with Gasteiger partial charge in [0.25, 0.3) is 0 Å². The van der Waals surface area contributed by atoms with Gasteiger partial charge < -0.3 is 14.8 Å². The molecule has 0 radical (unpaired) electrons. The first-order valence-corrected chi connectivity index (χ1v) is 7.47. The number of hydrogen-bond acceptors (Lipinski definition) is 3. The van der Waals surface area contributed by atoms with E-state index in [1.807, 2.05) is 30.3 Å². The molecular formula is C18H21Cl2NO2. The van der Waals surface area contributed by atoms with Crippen LogP contribution in [-0.4, -0.2) is 13.7 Å². The molecular weight excluding hydrogens is 333 g/mol. The summed E-state index contributed by atoms with van der Waals surface area (Å²) in [5.41, 5.74) is 2.29. The Balaban J connectivity index is 0.00000264. The zero-order valence-electron chi connectivity index (χ0n) is 13.0. The van der Waals surface area contributed by atoms with Gasteiger partial charge >= 0.3 is 0 Å². The van der Waals surface area contributed by atoms with Crippen LogP contribution in [0.5, 0.6) is 11.5 Å². The monoisotopic (exact) mass is 353 g/mol. The van der Waals surface area contributed by atoms with Crippen molar-refractivity contribution in [3.05, 3.63) is 71.3 Å². The van der Waals surface area contributed by atoms with Crippen LogP contribution in [0.15, 0.2) is 55.1 Å². The molecule has 5 heteroatoms. The van der Waals surface area contributed by atoms with Gasteiger partial charge in [-0.2, -0.15) is 0 Å². The first-order valence-electron chi connectivity index (χ1n) is 7.09. The van der Waals surface area contributed by atoms with Gasteiger partial charge in [-0.1, -0.05) is 54.6 Å². The predicted molar refractivity (Wildman–Crippen MR) is 97.9 cm³/mol. The second-order valence-electron chi connectivity index (χ2n) is 4.80. The van der Waals surface area contributed by atoms with Gasteiger partial charge in [0.05, 0.1) is 12.1 Å². The second kappa shape index (κ2) is 10.2. The topological polar surface area (TPSA) is 30.5 Å². The smallest absolute Gasteiger partial charge is 0.180 e. The van der Waals surface area contributed by atoms with Crippen LogP contribution in [0.2, 0.25) is 5.02 Å². The third-order valence-electron chi connectivity index (χ3n) is 3.14. The van der Waals surface area contributed by atoms with Gasteiger partial charge in [-0.3, -0.25) is 0 Å². The molecule has 0 aromatic heterocycles. The van der Waals surface area contributed by atoms with Crippen LogP contribution in [0.1, 0.15) is 11.1 Å². The van der Waals surface area contributed by atoms with E-state index in [4.69, 9.17) is 21.1 Å². The van der Waals surface area contributed by atoms with Crippen molar-refractivity contribution in [3.8, 4) is 11.5 Å². The third kappa shape index (κ3) is 5.79. The summed E-state index contributed by atoms with van der Waals surface area (Å²) in [4.78, 5) is 0. The van der Waals surface area contributed by atoms with E-state index in [-0.39, 0.29) is 12.4 Å². The van der Waals surface area contributed by atoms with Crippen molar-refractivity contribution in [2.75, 3.05) is 13.7 Å². The summed E-state index contributed by atoms with van der Waals surface area (Å²) in [7, 11) is 1.60. The highest BCUT2D eigenvalue weighted by molar-refractivity contribution is 6.32.